The molecule has 0 aliphatic rings. The Hall–Kier alpha value is -1.79. The molecule has 6 nitrogen and oxygen atoms in total. The molecule has 0 radical (unpaired) electrons. The molecule has 1 aromatic carbocycles. The van der Waals surface area contributed by atoms with E-state index in [1.165, 1.54) is 0 Å². The van der Waals surface area contributed by atoms with Crippen LogP contribution in [0.5, 0.6) is 0 Å². The third-order valence-corrected chi connectivity index (χ3v) is 3.51. The molecule has 3 N–H and O–H groups in total. The summed E-state index contributed by atoms with van der Waals surface area (Å²) in [7, 11) is 3.60. The molecule has 124 valence electrons. The molecule has 0 heterocycles. The van der Waals surface area contributed by atoms with E-state index < -0.39 is 0 Å². The van der Waals surface area contributed by atoms with Crippen molar-refractivity contribution < 1.29 is 14.6 Å². The average Bonchev–Trinajstić information content (AvgIpc) is 2.50. The lowest BCUT2D eigenvalue weighted by Crippen LogP contribution is -2.40. The van der Waals surface area contributed by atoms with Crippen molar-refractivity contribution in [1.82, 2.24) is 5.32 Å². The predicted octanol–water partition coefficient (Wildman–Crippen LogP) is 2.05. The van der Waals surface area contributed by atoms with Gasteiger partial charge in [-0.2, -0.15) is 0 Å². The number of benzene rings is 1. The van der Waals surface area contributed by atoms with Crippen LogP contribution in [0.4, 0.5) is 16.2 Å². The number of hydrogen-bond donors (Lipinski definition) is 3. The van der Waals surface area contributed by atoms with E-state index in [0.29, 0.717) is 24.8 Å². The zero-order valence-electron chi connectivity index (χ0n) is 13.8. The molecule has 6 heteroatoms. The van der Waals surface area contributed by atoms with E-state index in [1.807, 2.05) is 31.3 Å². The number of anilines is 2. The fourth-order valence-corrected chi connectivity index (χ4v) is 1.92. The molecule has 0 saturated carbocycles. The summed E-state index contributed by atoms with van der Waals surface area (Å²) in [5.74, 6) is 0. The molecule has 2 amide bonds. The van der Waals surface area contributed by atoms with Crippen molar-refractivity contribution >= 4 is 17.4 Å². The Morgan fingerprint density at radius 3 is 2.73 bits per heavy atom. The molecule has 0 aliphatic heterocycles. The van der Waals surface area contributed by atoms with E-state index >= 15 is 0 Å². The van der Waals surface area contributed by atoms with Gasteiger partial charge in [0, 0.05) is 38.2 Å². The van der Waals surface area contributed by atoms with Crippen molar-refractivity contribution in [2.75, 3.05) is 37.6 Å². The van der Waals surface area contributed by atoms with Gasteiger partial charge in [-0.3, -0.25) is 0 Å². The van der Waals surface area contributed by atoms with Crippen molar-refractivity contribution in [3.05, 3.63) is 24.3 Å². The van der Waals surface area contributed by atoms with Gasteiger partial charge in [-0.25, -0.2) is 4.79 Å². The zero-order chi connectivity index (χ0) is 16.5. The summed E-state index contributed by atoms with van der Waals surface area (Å²) < 4.78 is 4.95. The number of aliphatic hydroxyl groups is 1. The Morgan fingerprint density at radius 1 is 1.41 bits per heavy atom. The van der Waals surface area contributed by atoms with Gasteiger partial charge in [-0.1, -0.05) is 6.07 Å². The third kappa shape index (κ3) is 5.91. The number of hydrogen-bond acceptors (Lipinski definition) is 4. The molecule has 0 unspecified atom stereocenters. The summed E-state index contributed by atoms with van der Waals surface area (Å²) in [6, 6.07) is 7.37. The van der Waals surface area contributed by atoms with Gasteiger partial charge in [-0.15, -0.1) is 0 Å². The Bertz CT molecular complexity index is 466. The highest BCUT2D eigenvalue weighted by Gasteiger charge is 2.12. The van der Waals surface area contributed by atoms with Gasteiger partial charge < -0.3 is 25.4 Å². The lowest BCUT2D eigenvalue weighted by Gasteiger charge is -2.24. The summed E-state index contributed by atoms with van der Waals surface area (Å²) in [4.78, 5) is 14.1. The van der Waals surface area contributed by atoms with Crippen LogP contribution in [-0.4, -0.2) is 50.6 Å². The third-order valence-electron chi connectivity index (χ3n) is 3.51. The van der Waals surface area contributed by atoms with Crippen LogP contribution in [0.25, 0.3) is 0 Å². The first-order chi connectivity index (χ1) is 10.5. The maximum absolute atomic E-state index is 12.0. The summed E-state index contributed by atoms with van der Waals surface area (Å²) in [6.07, 6.45) is 0.566. The van der Waals surface area contributed by atoms with E-state index in [1.54, 1.807) is 7.11 Å². The van der Waals surface area contributed by atoms with Crippen molar-refractivity contribution in [3.8, 4) is 0 Å². The number of rotatable bonds is 8. The van der Waals surface area contributed by atoms with Crippen LogP contribution in [0.1, 0.15) is 20.3 Å². The monoisotopic (exact) mass is 309 g/mol. The quantitative estimate of drug-likeness (QED) is 0.687. The van der Waals surface area contributed by atoms with Gasteiger partial charge in [0.05, 0.1) is 12.6 Å². The maximum atomic E-state index is 12.0. The van der Waals surface area contributed by atoms with Crippen molar-refractivity contribution in [1.29, 1.82) is 0 Å². The minimum Gasteiger partial charge on any atom is -0.394 e. The lowest BCUT2D eigenvalue weighted by molar-refractivity contribution is 0.161. The van der Waals surface area contributed by atoms with Gasteiger partial charge in [0.25, 0.3) is 0 Å². The second kappa shape index (κ2) is 9.27. The highest BCUT2D eigenvalue weighted by molar-refractivity contribution is 5.90. The maximum Gasteiger partial charge on any atom is 0.319 e. The standard InChI is InChI=1S/C16H27N3O3/c1-12(2)19(3)15-7-5-6-13(10-15)17-16(21)18-14(11-20)8-9-22-4/h5-7,10,12,14,20H,8-9,11H2,1-4H3,(H2,17,18,21)/t14-/m0/s1. The Kier molecular flexibility index (Phi) is 7.70. The zero-order valence-corrected chi connectivity index (χ0v) is 13.8. The van der Waals surface area contributed by atoms with Crippen molar-refractivity contribution in [3.63, 3.8) is 0 Å². The fraction of sp³-hybridized carbons (Fsp3) is 0.562. The first-order valence-electron chi connectivity index (χ1n) is 7.48. The molecular weight excluding hydrogens is 282 g/mol. The molecule has 0 spiro atoms. The molecule has 0 aromatic heterocycles. The van der Waals surface area contributed by atoms with E-state index in [9.17, 15) is 9.90 Å². The second-order valence-electron chi connectivity index (χ2n) is 5.51. The smallest absolute Gasteiger partial charge is 0.319 e. The molecule has 1 aromatic rings. The van der Waals surface area contributed by atoms with Crippen LogP contribution in [0.2, 0.25) is 0 Å². The molecule has 1 atom stereocenters. The molecule has 1 rings (SSSR count). The van der Waals surface area contributed by atoms with Crippen LogP contribution < -0.4 is 15.5 Å². The topological polar surface area (TPSA) is 73.8 Å². The number of urea groups is 1. The molecule has 0 aliphatic carbocycles. The minimum atomic E-state index is -0.334. The highest BCUT2D eigenvalue weighted by Crippen LogP contribution is 2.20. The normalized spacial score (nSPS) is 12.1. The second-order valence-corrected chi connectivity index (χ2v) is 5.51. The van der Waals surface area contributed by atoms with Crippen molar-refractivity contribution in [2.24, 2.45) is 0 Å². The number of ether oxygens (including phenoxy) is 1. The van der Waals surface area contributed by atoms with Gasteiger partial charge in [0.2, 0.25) is 0 Å². The number of methoxy groups -OCH3 is 1. The van der Waals surface area contributed by atoms with Crippen LogP contribution >= 0.6 is 0 Å². The van der Waals surface area contributed by atoms with Crippen LogP contribution in [-0.2, 0) is 4.74 Å². The largest absolute Gasteiger partial charge is 0.394 e. The van der Waals surface area contributed by atoms with E-state index in [0.717, 1.165) is 5.69 Å². The van der Waals surface area contributed by atoms with Gasteiger partial charge >= 0.3 is 6.03 Å². The summed E-state index contributed by atoms with van der Waals surface area (Å²) in [6.45, 7) is 4.58. The van der Waals surface area contributed by atoms with Gasteiger partial charge in [0.1, 0.15) is 0 Å². The Balaban J connectivity index is 2.62. The van der Waals surface area contributed by atoms with Crippen molar-refractivity contribution in [2.45, 2.75) is 32.4 Å². The number of aliphatic hydroxyl groups excluding tert-OH is 1. The molecule has 0 bridgehead atoms. The summed E-state index contributed by atoms with van der Waals surface area (Å²) >= 11 is 0. The number of carbonyl (C=O) groups is 1. The minimum absolute atomic E-state index is 0.118. The van der Waals surface area contributed by atoms with Crippen LogP contribution in [0.15, 0.2) is 24.3 Å². The number of amides is 2. The molecule has 22 heavy (non-hydrogen) atoms. The molecule has 0 saturated heterocycles. The summed E-state index contributed by atoms with van der Waals surface area (Å²) in [5, 5.41) is 14.8. The summed E-state index contributed by atoms with van der Waals surface area (Å²) in [5.41, 5.74) is 1.75. The number of nitrogens with one attached hydrogen (secondary N) is 2. The predicted molar refractivity (Wildman–Crippen MR) is 89.5 cm³/mol. The average molecular weight is 309 g/mol. The molecule has 0 fully saturated rings. The highest BCUT2D eigenvalue weighted by atomic mass is 16.5. The van der Waals surface area contributed by atoms with Crippen LogP contribution in [0, 0.1) is 0 Å². The fourth-order valence-electron chi connectivity index (χ4n) is 1.92. The Labute approximate surface area is 132 Å². The number of carbonyl (C=O) groups excluding carboxylic acids is 1. The van der Waals surface area contributed by atoms with E-state index in [4.69, 9.17) is 4.74 Å². The van der Waals surface area contributed by atoms with Gasteiger partial charge in [0.15, 0.2) is 0 Å². The first-order valence-corrected chi connectivity index (χ1v) is 7.48. The molecular formula is C16H27N3O3. The first kappa shape index (κ1) is 18.3. The van der Waals surface area contributed by atoms with E-state index in [2.05, 4.69) is 29.4 Å². The Morgan fingerprint density at radius 2 is 2.14 bits per heavy atom. The SMILES string of the molecule is COCC[C@@H](CO)NC(=O)Nc1cccc(N(C)C(C)C)c1. The number of nitrogens with zero attached hydrogens (tertiary/aromatic N) is 1. The van der Waals surface area contributed by atoms with Crippen LogP contribution in [0.3, 0.4) is 0 Å². The lowest BCUT2D eigenvalue weighted by atomic mass is 10.2. The van der Waals surface area contributed by atoms with Gasteiger partial charge in [-0.05, 0) is 38.5 Å². The van der Waals surface area contributed by atoms with E-state index in [-0.39, 0.29) is 18.7 Å².